The topological polar surface area (TPSA) is 74.6 Å². The summed E-state index contributed by atoms with van der Waals surface area (Å²) in [6, 6.07) is 0. The first-order chi connectivity index (χ1) is 6.81. The fourth-order valence-corrected chi connectivity index (χ4v) is 1.64. The molecule has 0 fully saturated rings. The number of carbonyl (C=O) groups excluding carboxylic acids is 2. The fourth-order valence-electron chi connectivity index (χ4n) is 1.64. The van der Waals surface area contributed by atoms with Crippen LogP contribution in [-0.2, 0) is 9.59 Å². The summed E-state index contributed by atoms with van der Waals surface area (Å²) in [6.45, 7) is 4.21. The lowest BCUT2D eigenvalue weighted by Crippen LogP contribution is -2.29. The zero-order valence-electron chi connectivity index (χ0n) is 9.00. The molecule has 0 saturated heterocycles. The maximum Gasteiger partial charge on any atom is 0.195 e. The summed E-state index contributed by atoms with van der Waals surface area (Å²) in [7, 11) is 0. The average molecular weight is 210 g/mol. The SMILES string of the molecule is CC1=CC(C)(C)C(O)=C(C(=O)CO)C1=O. The van der Waals surface area contributed by atoms with Crippen LogP contribution < -0.4 is 0 Å². The Kier molecular flexibility index (Phi) is 2.81. The summed E-state index contributed by atoms with van der Waals surface area (Å²) < 4.78 is 0. The van der Waals surface area contributed by atoms with Gasteiger partial charge in [-0.05, 0) is 26.3 Å². The highest BCUT2D eigenvalue weighted by Crippen LogP contribution is 2.35. The highest BCUT2D eigenvalue weighted by Gasteiger charge is 2.35. The van der Waals surface area contributed by atoms with Gasteiger partial charge in [0.1, 0.15) is 17.9 Å². The molecule has 0 atom stereocenters. The van der Waals surface area contributed by atoms with Crippen molar-refractivity contribution in [3.63, 3.8) is 0 Å². The normalized spacial score (nSPS) is 20.3. The first-order valence-electron chi connectivity index (χ1n) is 4.63. The number of allylic oxidation sites excluding steroid dienone is 2. The third kappa shape index (κ3) is 1.85. The van der Waals surface area contributed by atoms with Gasteiger partial charge in [-0.15, -0.1) is 0 Å². The molecule has 1 rings (SSSR count). The molecule has 0 aromatic heterocycles. The standard InChI is InChI=1S/C11H14O4/c1-6-4-11(2,3)10(15)8(9(6)14)7(13)5-12/h4,12,15H,5H2,1-3H3. The van der Waals surface area contributed by atoms with E-state index in [1.165, 1.54) is 0 Å². The van der Waals surface area contributed by atoms with Crippen molar-refractivity contribution in [2.24, 2.45) is 5.41 Å². The monoisotopic (exact) mass is 210 g/mol. The van der Waals surface area contributed by atoms with E-state index in [2.05, 4.69) is 0 Å². The van der Waals surface area contributed by atoms with Crippen molar-refractivity contribution in [3.8, 4) is 0 Å². The van der Waals surface area contributed by atoms with Gasteiger partial charge >= 0.3 is 0 Å². The second-order valence-electron chi connectivity index (χ2n) is 4.18. The Balaban J connectivity index is 3.33. The Bertz CT molecular complexity index is 385. The van der Waals surface area contributed by atoms with E-state index in [0.29, 0.717) is 5.57 Å². The predicted octanol–water partition coefficient (Wildman–Crippen LogP) is 0.915. The van der Waals surface area contributed by atoms with Gasteiger partial charge in [0.15, 0.2) is 11.6 Å². The van der Waals surface area contributed by atoms with Gasteiger partial charge < -0.3 is 10.2 Å². The minimum Gasteiger partial charge on any atom is -0.511 e. The molecule has 0 bridgehead atoms. The molecular weight excluding hydrogens is 196 g/mol. The first-order valence-corrected chi connectivity index (χ1v) is 4.63. The van der Waals surface area contributed by atoms with Crippen LogP contribution in [0.5, 0.6) is 0 Å². The van der Waals surface area contributed by atoms with Crippen LogP contribution >= 0.6 is 0 Å². The Hall–Kier alpha value is -1.42. The molecule has 0 unspecified atom stereocenters. The molecule has 0 aliphatic heterocycles. The van der Waals surface area contributed by atoms with Gasteiger partial charge in [-0.2, -0.15) is 0 Å². The predicted molar refractivity (Wildman–Crippen MR) is 54.3 cm³/mol. The first kappa shape index (κ1) is 11.7. The molecule has 2 N–H and O–H groups in total. The second-order valence-corrected chi connectivity index (χ2v) is 4.18. The number of hydrogen-bond donors (Lipinski definition) is 2. The smallest absolute Gasteiger partial charge is 0.195 e. The molecule has 4 nitrogen and oxygen atoms in total. The molecule has 0 aromatic carbocycles. The van der Waals surface area contributed by atoms with Crippen LogP contribution in [0.4, 0.5) is 0 Å². The lowest BCUT2D eigenvalue weighted by molar-refractivity contribution is -0.122. The maximum absolute atomic E-state index is 11.6. The van der Waals surface area contributed by atoms with Crippen molar-refractivity contribution in [1.82, 2.24) is 0 Å². The van der Waals surface area contributed by atoms with Crippen LogP contribution in [0, 0.1) is 5.41 Å². The van der Waals surface area contributed by atoms with E-state index in [1.807, 2.05) is 0 Å². The fraction of sp³-hybridized carbons (Fsp3) is 0.455. The van der Waals surface area contributed by atoms with Gasteiger partial charge in [0.05, 0.1) is 0 Å². The number of aliphatic hydroxyl groups is 2. The van der Waals surface area contributed by atoms with E-state index in [-0.39, 0.29) is 11.3 Å². The maximum atomic E-state index is 11.6. The summed E-state index contributed by atoms with van der Waals surface area (Å²) >= 11 is 0. The van der Waals surface area contributed by atoms with E-state index >= 15 is 0 Å². The average Bonchev–Trinajstić information content (AvgIpc) is 2.14. The minimum atomic E-state index is -0.769. The molecule has 1 aliphatic rings. The molecule has 0 heterocycles. The van der Waals surface area contributed by atoms with Gasteiger partial charge in [0.25, 0.3) is 0 Å². The Morgan fingerprint density at radius 3 is 2.47 bits per heavy atom. The van der Waals surface area contributed by atoms with Crippen LogP contribution in [-0.4, -0.2) is 28.4 Å². The van der Waals surface area contributed by atoms with E-state index in [4.69, 9.17) is 5.11 Å². The van der Waals surface area contributed by atoms with Gasteiger partial charge in [-0.3, -0.25) is 9.59 Å². The number of Topliss-reactive ketones (excluding diaryl/α,β-unsaturated/α-hetero) is 2. The van der Waals surface area contributed by atoms with Crippen LogP contribution in [0.15, 0.2) is 23.0 Å². The summed E-state index contributed by atoms with van der Waals surface area (Å²) in [5.41, 5.74) is -0.616. The molecule has 1 aliphatic carbocycles. The summed E-state index contributed by atoms with van der Waals surface area (Å²) in [6.07, 6.45) is 1.61. The number of ketones is 2. The van der Waals surface area contributed by atoms with Crippen molar-refractivity contribution < 1.29 is 19.8 Å². The second kappa shape index (κ2) is 3.62. The van der Waals surface area contributed by atoms with Crippen LogP contribution in [0.2, 0.25) is 0 Å². The van der Waals surface area contributed by atoms with Crippen molar-refractivity contribution in [3.05, 3.63) is 23.0 Å². The van der Waals surface area contributed by atoms with Crippen LogP contribution in [0.1, 0.15) is 20.8 Å². The lowest BCUT2D eigenvalue weighted by atomic mass is 9.78. The highest BCUT2D eigenvalue weighted by atomic mass is 16.3. The molecule has 0 amide bonds. The Morgan fingerprint density at radius 2 is 2.00 bits per heavy atom. The lowest BCUT2D eigenvalue weighted by Gasteiger charge is -2.27. The quantitative estimate of drug-likeness (QED) is 0.664. The van der Waals surface area contributed by atoms with Gasteiger partial charge in [0.2, 0.25) is 0 Å². The van der Waals surface area contributed by atoms with Crippen LogP contribution in [0.3, 0.4) is 0 Å². The number of hydrogen-bond acceptors (Lipinski definition) is 4. The Morgan fingerprint density at radius 1 is 1.47 bits per heavy atom. The Labute approximate surface area is 87.9 Å². The molecule has 0 aromatic rings. The van der Waals surface area contributed by atoms with Crippen molar-refractivity contribution >= 4 is 11.6 Å². The highest BCUT2D eigenvalue weighted by molar-refractivity contribution is 6.27. The van der Waals surface area contributed by atoms with E-state index in [1.54, 1.807) is 26.8 Å². The molecule has 0 radical (unpaired) electrons. The third-order valence-electron chi connectivity index (χ3n) is 2.43. The number of carbonyl (C=O) groups is 2. The molecule has 0 saturated carbocycles. The van der Waals surface area contributed by atoms with Gasteiger partial charge in [0, 0.05) is 5.41 Å². The summed E-state index contributed by atoms with van der Waals surface area (Å²) in [4.78, 5) is 22.9. The summed E-state index contributed by atoms with van der Waals surface area (Å²) in [5.74, 6) is -1.51. The van der Waals surface area contributed by atoms with Crippen molar-refractivity contribution in [2.45, 2.75) is 20.8 Å². The van der Waals surface area contributed by atoms with Gasteiger partial charge in [-0.1, -0.05) is 6.08 Å². The zero-order valence-corrected chi connectivity index (χ0v) is 9.00. The van der Waals surface area contributed by atoms with Crippen molar-refractivity contribution in [1.29, 1.82) is 0 Å². The van der Waals surface area contributed by atoms with E-state index < -0.39 is 23.6 Å². The van der Waals surface area contributed by atoms with E-state index in [9.17, 15) is 14.7 Å². The van der Waals surface area contributed by atoms with Crippen molar-refractivity contribution in [2.75, 3.05) is 6.61 Å². The largest absolute Gasteiger partial charge is 0.511 e. The molecular formula is C11H14O4. The molecule has 0 spiro atoms. The number of aliphatic hydroxyl groups excluding tert-OH is 2. The number of rotatable bonds is 2. The zero-order chi connectivity index (χ0) is 11.8. The third-order valence-corrected chi connectivity index (χ3v) is 2.43. The molecule has 82 valence electrons. The van der Waals surface area contributed by atoms with E-state index in [0.717, 1.165) is 0 Å². The molecule has 15 heavy (non-hydrogen) atoms. The van der Waals surface area contributed by atoms with Crippen LogP contribution in [0.25, 0.3) is 0 Å². The minimum absolute atomic E-state index is 0.267. The van der Waals surface area contributed by atoms with Gasteiger partial charge in [-0.25, -0.2) is 0 Å². The summed E-state index contributed by atoms with van der Waals surface area (Å²) in [5, 5.41) is 18.5. The molecule has 4 heteroatoms.